The van der Waals surface area contributed by atoms with Crippen molar-refractivity contribution in [3.63, 3.8) is 0 Å². The molecule has 0 spiro atoms. The third kappa shape index (κ3) is 2.05. The minimum atomic E-state index is -0.310. The summed E-state index contributed by atoms with van der Waals surface area (Å²) in [5.41, 5.74) is 3.79. The van der Waals surface area contributed by atoms with Crippen LogP contribution in [0.3, 0.4) is 0 Å². The molecule has 1 unspecified atom stereocenters. The molecule has 3 saturated carbocycles. The summed E-state index contributed by atoms with van der Waals surface area (Å²) in [7, 11) is 0. The van der Waals surface area contributed by atoms with Gasteiger partial charge in [-0.1, -0.05) is 6.07 Å². The number of aromatic nitrogens is 3. The van der Waals surface area contributed by atoms with E-state index in [4.69, 9.17) is 0 Å². The maximum absolute atomic E-state index is 13.0. The standard InChI is InChI=1S/C25H21N3O2/c29-23-17-2-1-7-26-20(17)24(30)22-21(23)27-18-4-3-15(11-19(18)28-22)25-6-5-13-8-14(12-25)10-16(25)9-13/h1-4,7,11,13-14,16H,5-6,8-10,12H2/t13-,14?,16-,25+/m0/s1. The molecule has 148 valence electrons. The molecule has 0 aliphatic heterocycles. The minimum absolute atomic E-state index is 0.141. The summed E-state index contributed by atoms with van der Waals surface area (Å²) in [6.45, 7) is 0. The fraction of sp³-hybridized carbons (Fsp3) is 0.400. The molecule has 3 fully saturated rings. The summed E-state index contributed by atoms with van der Waals surface area (Å²) in [6, 6.07) is 9.65. The van der Waals surface area contributed by atoms with Crippen LogP contribution in [0.2, 0.25) is 0 Å². The SMILES string of the molecule is O=C1c2cccnc2C(=O)c2nc3cc([C@]45CC[C@H]6CC(C[C@@H]4C6)C5)ccc3nc21. The molecule has 5 heteroatoms. The first-order valence-electron chi connectivity index (χ1n) is 11.0. The van der Waals surface area contributed by atoms with Crippen molar-refractivity contribution >= 4 is 22.6 Å². The van der Waals surface area contributed by atoms with Crippen LogP contribution in [0.5, 0.6) is 0 Å². The van der Waals surface area contributed by atoms with Crippen molar-refractivity contribution in [3.8, 4) is 0 Å². The van der Waals surface area contributed by atoms with Gasteiger partial charge in [-0.3, -0.25) is 14.6 Å². The van der Waals surface area contributed by atoms with Crippen LogP contribution < -0.4 is 0 Å². The van der Waals surface area contributed by atoms with Gasteiger partial charge in [0, 0.05) is 6.20 Å². The van der Waals surface area contributed by atoms with Crippen LogP contribution in [0.4, 0.5) is 0 Å². The average Bonchev–Trinajstić information content (AvgIpc) is 2.95. The topological polar surface area (TPSA) is 72.8 Å². The van der Waals surface area contributed by atoms with Gasteiger partial charge in [0.25, 0.3) is 0 Å². The normalized spacial score (nSPS) is 31.1. The Balaban J connectivity index is 1.39. The summed E-state index contributed by atoms with van der Waals surface area (Å²) < 4.78 is 0. The Bertz CT molecular complexity index is 1280. The van der Waals surface area contributed by atoms with Crippen LogP contribution in [-0.2, 0) is 5.41 Å². The van der Waals surface area contributed by atoms with Crippen LogP contribution >= 0.6 is 0 Å². The van der Waals surface area contributed by atoms with Gasteiger partial charge >= 0.3 is 0 Å². The highest BCUT2D eigenvalue weighted by molar-refractivity contribution is 6.26. The first-order valence-corrected chi connectivity index (χ1v) is 11.0. The number of rotatable bonds is 1. The summed E-state index contributed by atoms with van der Waals surface area (Å²) in [5.74, 6) is 1.98. The molecule has 2 aromatic heterocycles. The molecule has 4 aliphatic rings. The van der Waals surface area contributed by atoms with Gasteiger partial charge in [0.2, 0.25) is 11.6 Å². The van der Waals surface area contributed by atoms with Crippen molar-refractivity contribution in [2.75, 3.05) is 0 Å². The predicted molar refractivity (Wildman–Crippen MR) is 110 cm³/mol. The van der Waals surface area contributed by atoms with Crippen molar-refractivity contribution in [2.45, 2.75) is 43.9 Å². The van der Waals surface area contributed by atoms with Crippen LogP contribution in [0.15, 0.2) is 36.5 Å². The smallest absolute Gasteiger partial charge is 0.232 e. The number of carbonyl (C=O) groups is 2. The molecule has 7 rings (SSSR count). The second-order valence-corrected chi connectivity index (χ2v) is 9.72. The first kappa shape index (κ1) is 16.8. The van der Waals surface area contributed by atoms with Crippen LogP contribution in [0.25, 0.3) is 11.0 Å². The number of carbonyl (C=O) groups excluding carboxylic acids is 2. The number of pyridine rings is 1. The van der Waals surface area contributed by atoms with Gasteiger partial charge in [-0.25, -0.2) is 9.97 Å². The van der Waals surface area contributed by atoms with E-state index in [0.717, 1.165) is 17.8 Å². The highest BCUT2D eigenvalue weighted by Crippen LogP contribution is 2.62. The summed E-state index contributed by atoms with van der Waals surface area (Å²) >= 11 is 0. The van der Waals surface area contributed by atoms with Crippen LogP contribution in [0.1, 0.15) is 76.3 Å². The van der Waals surface area contributed by atoms with E-state index in [1.165, 1.54) is 50.3 Å². The lowest BCUT2D eigenvalue weighted by Crippen LogP contribution is -2.36. The molecule has 4 atom stereocenters. The quantitative estimate of drug-likeness (QED) is 0.481. The Hall–Kier alpha value is -2.95. The fourth-order valence-electron chi connectivity index (χ4n) is 7.06. The van der Waals surface area contributed by atoms with E-state index in [1.807, 2.05) is 6.07 Å². The Labute approximate surface area is 174 Å². The highest BCUT2D eigenvalue weighted by Gasteiger charge is 2.54. The predicted octanol–water partition coefficient (Wildman–Crippen LogP) is 4.27. The number of hydrogen-bond acceptors (Lipinski definition) is 5. The summed E-state index contributed by atoms with van der Waals surface area (Å²) in [6.07, 6.45) is 9.54. The second-order valence-electron chi connectivity index (χ2n) is 9.72. The van der Waals surface area contributed by atoms with Gasteiger partial charge in [-0.05, 0) is 91.5 Å². The molecule has 2 heterocycles. The van der Waals surface area contributed by atoms with E-state index in [-0.39, 0.29) is 34.1 Å². The first-order chi connectivity index (χ1) is 14.6. The van der Waals surface area contributed by atoms with E-state index in [9.17, 15) is 9.59 Å². The van der Waals surface area contributed by atoms with E-state index in [0.29, 0.717) is 16.6 Å². The van der Waals surface area contributed by atoms with Crippen molar-refractivity contribution < 1.29 is 9.59 Å². The lowest BCUT2D eigenvalue weighted by molar-refractivity contribution is 0.0968. The third-order valence-electron chi connectivity index (χ3n) is 8.27. The van der Waals surface area contributed by atoms with E-state index in [1.54, 1.807) is 12.1 Å². The minimum Gasteiger partial charge on any atom is -0.287 e. The highest BCUT2D eigenvalue weighted by atomic mass is 16.1. The van der Waals surface area contributed by atoms with E-state index in [2.05, 4.69) is 27.1 Å². The molecule has 30 heavy (non-hydrogen) atoms. The largest absolute Gasteiger partial charge is 0.287 e. The third-order valence-corrected chi connectivity index (χ3v) is 8.27. The van der Waals surface area contributed by atoms with Crippen molar-refractivity contribution in [1.29, 1.82) is 0 Å². The zero-order valence-electron chi connectivity index (χ0n) is 16.6. The fourth-order valence-corrected chi connectivity index (χ4v) is 7.06. The number of ketones is 2. The van der Waals surface area contributed by atoms with Gasteiger partial charge in [-0.2, -0.15) is 0 Å². The molecular formula is C25H21N3O2. The zero-order valence-corrected chi connectivity index (χ0v) is 16.6. The van der Waals surface area contributed by atoms with Gasteiger partial charge in [0.1, 0.15) is 17.1 Å². The Morgan fingerprint density at radius 3 is 2.63 bits per heavy atom. The Kier molecular flexibility index (Phi) is 3.13. The lowest BCUT2D eigenvalue weighted by Gasteiger charge is -2.43. The molecular weight excluding hydrogens is 374 g/mol. The number of hydrogen-bond donors (Lipinski definition) is 0. The average molecular weight is 395 g/mol. The maximum Gasteiger partial charge on any atom is 0.232 e. The maximum atomic E-state index is 13.0. The molecule has 0 radical (unpaired) electrons. The molecule has 0 N–H and O–H groups in total. The molecule has 1 aromatic carbocycles. The molecule has 3 bridgehead atoms. The van der Waals surface area contributed by atoms with Gasteiger partial charge < -0.3 is 0 Å². The number of fused-ring (bicyclic) bond motifs is 5. The van der Waals surface area contributed by atoms with Gasteiger partial charge in [0.05, 0.1) is 16.6 Å². The van der Waals surface area contributed by atoms with Crippen molar-refractivity contribution in [2.24, 2.45) is 17.8 Å². The van der Waals surface area contributed by atoms with Crippen molar-refractivity contribution in [3.05, 3.63) is 64.7 Å². The molecule has 5 nitrogen and oxygen atoms in total. The lowest BCUT2D eigenvalue weighted by atomic mass is 9.61. The molecule has 3 aromatic rings. The zero-order chi connectivity index (χ0) is 20.0. The monoisotopic (exact) mass is 395 g/mol. The molecule has 4 aliphatic carbocycles. The Morgan fingerprint density at radius 2 is 1.70 bits per heavy atom. The van der Waals surface area contributed by atoms with Crippen LogP contribution in [-0.4, -0.2) is 26.5 Å². The Morgan fingerprint density at radius 1 is 0.867 bits per heavy atom. The summed E-state index contributed by atoms with van der Waals surface area (Å²) in [5, 5.41) is 0. The van der Waals surface area contributed by atoms with Gasteiger partial charge in [-0.15, -0.1) is 0 Å². The van der Waals surface area contributed by atoms with E-state index >= 15 is 0 Å². The van der Waals surface area contributed by atoms with Gasteiger partial charge in [0.15, 0.2) is 0 Å². The molecule has 0 saturated heterocycles. The summed E-state index contributed by atoms with van der Waals surface area (Å²) in [4.78, 5) is 39.3. The number of benzene rings is 1. The molecule has 0 amide bonds. The second kappa shape index (κ2) is 5.60. The number of nitrogens with zero attached hydrogens (tertiary/aromatic N) is 3. The van der Waals surface area contributed by atoms with E-state index < -0.39 is 0 Å². The van der Waals surface area contributed by atoms with Crippen molar-refractivity contribution in [1.82, 2.24) is 15.0 Å². The van der Waals surface area contributed by atoms with Crippen LogP contribution in [0, 0.1) is 17.8 Å².